The number of carbonyl (C=O) groups excluding carboxylic acids is 2. The van der Waals surface area contributed by atoms with Crippen molar-refractivity contribution in [3.05, 3.63) is 12.7 Å². The molecule has 0 aromatic rings. The van der Waals surface area contributed by atoms with Gasteiger partial charge < -0.3 is 14.5 Å². The Morgan fingerprint density at radius 3 is 2.68 bits per heavy atom. The number of nitrogens with zero attached hydrogens (tertiary/aromatic N) is 2. The van der Waals surface area contributed by atoms with Crippen molar-refractivity contribution >= 4 is 11.8 Å². The van der Waals surface area contributed by atoms with E-state index in [2.05, 4.69) is 6.58 Å². The van der Waals surface area contributed by atoms with E-state index in [0.29, 0.717) is 19.6 Å². The van der Waals surface area contributed by atoms with Gasteiger partial charge in [0, 0.05) is 19.5 Å². The molecule has 0 aromatic carbocycles. The van der Waals surface area contributed by atoms with Crippen molar-refractivity contribution in [1.29, 1.82) is 0 Å². The Morgan fingerprint density at radius 1 is 1.16 bits per heavy atom. The summed E-state index contributed by atoms with van der Waals surface area (Å²) in [6.45, 7) is 5.51. The van der Waals surface area contributed by atoms with E-state index in [-0.39, 0.29) is 30.0 Å². The van der Waals surface area contributed by atoms with E-state index in [1.165, 1.54) is 0 Å². The lowest BCUT2D eigenvalue weighted by molar-refractivity contribution is -0.164. The predicted molar refractivity (Wildman–Crippen MR) is 69.4 cm³/mol. The van der Waals surface area contributed by atoms with Crippen molar-refractivity contribution in [3.8, 4) is 0 Å². The van der Waals surface area contributed by atoms with Crippen LogP contribution in [-0.2, 0) is 14.3 Å². The third-order valence-electron chi connectivity index (χ3n) is 4.39. The van der Waals surface area contributed by atoms with E-state index in [0.717, 1.165) is 25.8 Å². The molecule has 3 saturated heterocycles. The summed E-state index contributed by atoms with van der Waals surface area (Å²) in [7, 11) is 0. The summed E-state index contributed by atoms with van der Waals surface area (Å²) >= 11 is 0. The molecule has 0 spiro atoms. The quantitative estimate of drug-likeness (QED) is 0.700. The van der Waals surface area contributed by atoms with Gasteiger partial charge in [0.25, 0.3) is 0 Å². The maximum Gasteiger partial charge on any atom is 0.246 e. The van der Waals surface area contributed by atoms with Crippen LogP contribution in [0.4, 0.5) is 0 Å². The molecule has 0 saturated carbocycles. The maximum absolute atomic E-state index is 12.5. The van der Waals surface area contributed by atoms with Crippen LogP contribution in [0, 0.1) is 0 Å². The number of rotatable bonds is 3. The van der Waals surface area contributed by atoms with Crippen LogP contribution in [0.2, 0.25) is 0 Å². The summed E-state index contributed by atoms with van der Waals surface area (Å²) in [5.41, 5.74) is 0. The average Bonchev–Trinajstić information content (AvgIpc) is 2.92. The Bertz CT molecular complexity index is 409. The minimum atomic E-state index is -0.301. The lowest BCUT2D eigenvalue weighted by Crippen LogP contribution is -2.65. The summed E-state index contributed by atoms with van der Waals surface area (Å²) in [5.74, 6) is 0.262. The van der Waals surface area contributed by atoms with Crippen molar-refractivity contribution < 1.29 is 14.3 Å². The molecule has 0 N–H and O–H groups in total. The van der Waals surface area contributed by atoms with Gasteiger partial charge in [0.05, 0.1) is 12.7 Å². The summed E-state index contributed by atoms with van der Waals surface area (Å²) < 4.78 is 5.65. The molecule has 104 valence electrons. The van der Waals surface area contributed by atoms with Gasteiger partial charge in [-0.2, -0.15) is 0 Å². The second-order valence-corrected chi connectivity index (χ2v) is 5.51. The SMILES string of the molecule is C=CCOC1CCN2C(=O)C3CCCN3C(=O)C2C1. The van der Waals surface area contributed by atoms with Crippen LogP contribution < -0.4 is 0 Å². The largest absolute Gasteiger partial charge is 0.374 e. The second-order valence-electron chi connectivity index (χ2n) is 5.51. The first kappa shape index (κ1) is 12.7. The number of piperidine rings is 1. The highest BCUT2D eigenvalue weighted by atomic mass is 16.5. The molecule has 0 aromatic heterocycles. The van der Waals surface area contributed by atoms with Crippen LogP contribution in [0.25, 0.3) is 0 Å². The maximum atomic E-state index is 12.5. The molecule has 3 fully saturated rings. The molecule has 0 radical (unpaired) electrons. The molecule has 3 heterocycles. The minimum absolute atomic E-state index is 0.0650. The Labute approximate surface area is 113 Å². The molecule has 3 atom stereocenters. The molecule has 3 rings (SSSR count). The van der Waals surface area contributed by atoms with Crippen LogP contribution in [0.1, 0.15) is 25.7 Å². The zero-order valence-electron chi connectivity index (χ0n) is 11.1. The topological polar surface area (TPSA) is 49.9 Å². The van der Waals surface area contributed by atoms with Gasteiger partial charge in [-0.15, -0.1) is 6.58 Å². The molecular formula is C14H20N2O3. The minimum Gasteiger partial charge on any atom is -0.374 e. The fourth-order valence-electron chi connectivity index (χ4n) is 3.46. The molecule has 3 aliphatic heterocycles. The van der Waals surface area contributed by atoms with Crippen molar-refractivity contribution in [3.63, 3.8) is 0 Å². The van der Waals surface area contributed by atoms with Gasteiger partial charge in [0.15, 0.2) is 0 Å². The van der Waals surface area contributed by atoms with Crippen LogP contribution in [0.15, 0.2) is 12.7 Å². The molecule has 19 heavy (non-hydrogen) atoms. The number of hydrogen-bond donors (Lipinski definition) is 0. The Kier molecular flexibility index (Phi) is 3.31. The first-order valence-corrected chi connectivity index (χ1v) is 7.06. The first-order valence-electron chi connectivity index (χ1n) is 7.06. The molecule has 5 heteroatoms. The van der Waals surface area contributed by atoms with E-state index in [4.69, 9.17) is 4.74 Å². The van der Waals surface area contributed by atoms with Crippen molar-refractivity contribution in [1.82, 2.24) is 9.80 Å². The summed E-state index contributed by atoms with van der Waals surface area (Å²) in [6.07, 6.45) is 4.99. The third kappa shape index (κ3) is 2.06. The lowest BCUT2D eigenvalue weighted by Gasteiger charge is -2.46. The van der Waals surface area contributed by atoms with Gasteiger partial charge >= 0.3 is 0 Å². The summed E-state index contributed by atoms with van der Waals surface area (Å²) in [4.78, 5) is 28.4. The Hall–Kier alpha value is -1.36. The molecule has 0 bridgehead atoms. The van der Waals surface area contributed by atoms with Crippen molar-refractivity contribution in [2.75, 3.05) is 19.7 Å². The Balaban J connectivity index is 1.74. The van der Waals surface area contributed by atoms with E-state index in [9.17, 15) is 9.59 Å². The highest BCUT2D eigenvalue weighted by molar-refractivity contribution is 5.97. The lowest BCUT2D eigenvalue weighted by atomic mass is 9.94. The van der Waals surface area contributed by atoms with Crippen LogP contribution in [-0.4, -0.2) is 59.5 Å². The molecular weight excluding hydrogens is 244 g/mol. The highest BCUT2D eigenvalue weighted by Crippen LogP contribution is 2.32. The van der Waals surface area contributed by atoms with Crippen molar-refractivity contribution in [2.45, 2.75) is 43.9 Å². The molecule has 3 aliphatic rings. The monoisotopic (exact) mass is 264 g/mol. The highest BCUT2D eigenvalue weighted by Gasteiger charge is 2.49. The number of amides is 2. The van der Waals surface area contributed by atoms with Gasteiger partial charge in [0.2, 0.25) is 11.8 Å². The fourth-order valence-corrected chi connectivity index (χ4v) is 3.46. The molecule has 2 amide bonds. The van der Waals surface area contributed by atoms with Gasteiger partial charge in [-0.1, -0.05) is 6.08 Å². The standard InChI is InChI=1S/C14H20N2O3/c1-2-8-19-10-5-7-16-12(9-10)14(18)15-6-3-4-11(15)13(16)17/h2,10-12H,1,3-9H2. The van der Waals surface area contributed by atoms with Crippen LogP contribution in [0.3, 0.4) is 0 Å². The summed E-state index contributed by atoms with van der Waals surface area (Å²) in [5, 5.41) is 0. The van der Waals surface area contributed by atoms with Gasteiger partial charge in [0.1, 0.15) is 12.1 Å². The molecule has 3 unspecified atom stereocenters. The van der Waals surface area contributed by atoms with Gasteiger partial charge in [-0.3, -0.25) is 9.59 Å². The van der Waals surface area contributed by atoms with Crippen molar-refractivity contribution in [2.24, 2.45) is 0 Å². The van der Waals surface area contributed by atoms with Gasteiger partial charge in [-0.05, 0) is 19.3 Å². The number of ether oxygens (including phenoxy) is 1. The predicted octanol–water partition coefficient (Wildman–Crippen LogP) is 0.553. The zero-order chi connectivity index (χ0) is 13.4. The number of hydrogen-bond acceptors (Lipinski definition) is 3. The third-order valence-corrected chi connectivity index (χ3v) is 4.39. The number of piperazine rings is 1. The average molecular weight is 264 g/mol. The number of carbonyl (C=O) groups is 2. The molecule has 5 nitrogen and oxygen atoms in total. The number of fused-ring (bicyclic) bond motifs is 2. The summed E-state index contributed by atoms with van der Waals surface area (Å²) in [6, 6.07) is -0.486. The fraction of sp³-hybridized carbons (Fsp3) is 0.714. The van der Waals surface area contributed by atoms with E-state index in [1.54, 1.807) is 15.9 Å². The van der Waals surface area contributed by atoms with E-state index >= 15 is 0 Å². The van der Waals surface area contributed by atoms with E-state index < -0.39 is 0 Å². The first-order chi connectivity index (χ1) is 9.22. The normalized spacial score (nSPS) is 34.2. The van der Waals surface area contributed by atoms with Crippen LogP contribution in [0.5, 0.6) is 0 Å². The smallest absolute Gasteiger partial charge is 0.246 e. The second kappa shape index (κ2) is 4.96. The Morgan fingerprint density at radius 2 is 1.89 bits per heavy atom. The zero-order valence-corrected chi connectivity index (χ0v) is 11.1. The van der Waals surface area contributed by atoms with Crippen LogP contribution >= 0.6 is 0 Å². The van der Waals surface area contributed by atoms with E-state index in [1.807, 2.05) is 0 Å². The van der Waals surface area contributed by atoms with Gasteiger partial charge in [-0.25, -0.2) is 0 Å². The molecule has 0 aliphatic carbocycles.